The van der Waals surface area contributed by atoms with Crippen LogP contribution in [0.1, 0.15) is 39.3 Å². The molecule has 1 aromatic rings. The number of hydrogen-bond donors (Lipinski definition) is 0. The Morgan fingerprint density at radius 1 is 1.19 bits per heavy atom. The highest BCUT2D eigenvalue weighted by atomic mass is 16.6. The molecule has 0 radical (unpaired) electrons. The van der Waals surface area contributed by atoms with Crippen LogP contribution in [-0.2, 0) is 11.3 Å². The quantitative estimate of drug-likeness (QED) is 0.831. The minimum Gasteiger partial charge on any atom is -0.444 e. The van der Waals surface area contributed by atoms with Gasteiger partial charge in [-0.15, -0.1) is 0 Å². The highest BCUT2D eigenvalue weighted by Gasteiger charge is 2.36. The summed E-state index contributed by atoms with van der Waals surface area (Å²) in [6.07, 6.45) is 3.07. The lowest BCUT2D eigenvalue weighted by molar-refractivity contribution is 0.0170. The molecule has 7 heteroatoms. The number of piperidine rings is 1. The van der Waals surface area contributed by atoms with Gasteiger partial charge in [0.05, 0.1) is 12.2 Å². The minimum atomic E-state index is -0.481. The van der Waals surface area contributed by atoms with Gasteiger partial charge in [0.15, 0.2) is 0 Å². The summed E-state index contributed by atoms with van der Waals surface area (Å²) in [5.74, 6) is 0. The summed E-state index contributed by atoms with van der Waals surface area (Å²) in [6, 6.07) is 6.02. The van der Waals surface area contributed by atoms with Crippen molar-refractivity contribution < 1.29 is 14.3 Å². The molecule has 2 fully saturated rings. The molecule has 0 spiro atoms. The summed E-state index contributed by atoms with van der Waals surface area (Å²) in [5, 5.41) is 0. The van der Waals surface area contributed by atoms with Gasteiger partial charge in [0.1, 0.15) is 5.60 Å². The summed E-state index contributed by atoms with van der Waals surface area (Å²) in [7, 11) is 0. The van der Waals surface area contributed by atoms with Crippen LogP contribution in [0.3, 0.4) is 0 Å². The summed E-state index contributed by atoms with van der Waals surface area (Å²) >= 11 is 0. The van der Waals surface area contributed by atoms with Gasteiger partial charge < -0.3 is 19.4 Å². The molecule has 0 N–H and O–H groups in total. The number of aromatic nitrogens is 1. The number of ether oxygens (including phenoxy) is 1. The van der Waals surface area contributed by atoms with E-state index in [4.69, 9.17) is 4.74 Å². The van der Waals surface area contributed by atoms with Gasteiger partial charge in [0.2, 0.25) is 0 Å². The SMILES string of the molecule is CC(C)(C)OC(=O)N1CCC(N2CCN(Cc3ccccn3)C2=O)CC1. The lowest BCUT2D eigenvalue weighted by Crippen LogP contribution is -2.49. The molecule has 142 valence electrons. The predicted octanol–water partition coefficient (Wildman–Crippen LogP) is 2.72. The van der Waals surface area contributed by atoms with Crippen molar-refractivity contribution >= 4 is 12.1 Å². The van der Waals surface area contributed by atoms with E-state index >= 15 is 0 Å². The van der Waals surface area contributed by atoms with Crippen molar-refractivity contribution in [3.8, 4) is 0 Å². The summed E-state index contributed by atoms with van der Waals surface area (Å²) in [4.78, 5) is 34.8. The van der Waals surface area contributed by atoms with Crippen molar-refractivity contribution in [2.75, 3.05) is 26.2 Å². The zero-order valence-electron chi connectivity index (χ0n) is 15.9. The highest BCUT2D eigenvalue weighted by Crippen LogP contribution is 2.23. The Morgan fingerprint density at radius 2 is 1.92 bits per heavy atom. The first kappa shape index (κ1) is 18.5. The number of amides is 3. The van der Waals surface area contributed by atoms with E-state index < -0.39 is 5.60 Å². The standard InChI is InChI=1S/C19H28N4O3/c1-19(2,3)26-18(25)21-10-7-16(8-11-21)23-13-12-22(17(23)24)14-15-6-4-5-9-20-15/h4-6,9,16H,7-8,10-14H2,1-3H3. The minimum absolute atomic E-state index is 0.0753. The maximum Gasteiger partial charge on any atom is 0.410 e. The summed E-state index contributed by atoms with van der Waals surface area (Å²) in [6.45, 7) is 8.88. The first-order valence-corrected chi connectivity index (χ1v) is 9.27. The first-order chi connectivity index (χ1) is 12.3. The zero-order valence-corrected chi connectivity index (χ0v) is 15.9. The first-order valence-electron chi connectivity index (χ1n) is 9.27. The molecule has 3 amide bonds. The summed E-state index contributed by atoms with van der Waals surface area (Å²) in [5.41, 5.74) is 0.424. The monoisotopic (exact) mass is 360 g/mol. The largest absolute Gasteiger partial charge is 0.444 e. The van der Waals surface area contributed by atoms with Crippen LogP contribution in [0.2, 0.25) is 0 Å². The van der Waals surface area contributed by atoms with Crippen molar-refractivity contribution in [2.24, 2.45) is 0 Å². The number of rotatable bonds is 3. The average molecular weight is 360 g/mol. The second-order valence-electron chi connectivity index (χ2n) is 7.92. The van der Waals surface area contributed by atoms with Gasteiger partial charge in [-0.3, -0.25) is 4.98 Å². The fourth-order valence-electron chi connectivity index (χ4n) is 3.46. The number of pyridine rings is 1. The highest BCUT2D eigenvalue weighted by molar-refractivity contribution is 5.77. The third-order valence-corrected chi connectivity index (χ3v) is 4.76. The van der Waals surface area contributed by atoms with Gasteiger partial charge in [-0.1, -0.05) is 6.07 Å². The third-order valence-electron chi connectivity index (χ3n) is 4.76. The molecule has 1 aromatic heterocycles. The predicted molar refractivity (Wildman–Crippen MR) is 97.6 cm³/mol. The Labute approximate surface area is 154 Å². The van der Waals surface area contributed by atoms with Gasteiger partial charge in [0.25, 0.3) is 0 Å². The van der Waals surface area contributed by atoms with Crippen molar-refractivity contribution in [3.05, 3.63) is 30.1 Å². The van der Waals surface area contributed by atoms with Crippen LogP contribution in [0.5, 0.6) is 0 Å². The van der Waals surface area contributed by atoms with E-state index in [1.165, 1.54) is 0 Å². The van der Waals surface area contributed by atoms with Crippen molar-refractivity contribution in [2.45, 2.75) is 51.8 Å². The molecule has 0 atom stereocenters. The Morgan fingerprint density at radius 3 is 2.54 bits per heavy atom. The number of nitrogens with zero attached hydrogens (tertiary/aromatic N) is 4. The topological polar surface area (TPSA) is 66.0 Å². The van der Waals surface area contributed by atoms with E-state index in [2.05, 4.69) is 4.98 Å². The molecule has 3 rings (SSSR count). The lowest BCUT2D eigenvalue weighted by Gasteiger charge is -2.37. The maximum absolute atomic E-state index is 12.7. The summed E-state index contributed by atoms with van der Waals surface area (Å²) < 4.78 is 5.43. The second kappa shape index (κ2) is 7.51. The smallest absolute Gasteiger partial charge is 0.410 e. The van der Waals surface area contributed by atoms with Crippen LogP contribution in [0.15, 0.2) is 24.4 Å². The van der Waals surface area contributed by atoms with Gasteiger partial charge >= 0.3 is 12.1 Å². The number of carbonyl (C=O) groups is 2. The van der Waals surface area contributed by atoms with E-state index in [9.17, 15) is 9.59 Å². The van der Waals surface area contributed by atoms with Crippen LogP contribution in [0.25, 0.3) is 0 Å². The molecular weight excluding hydrogens is 332 g/mol. The molecule has 26 heavy (non-hydrogen) atoms. The number of likely N-dealkylation sites (tertiary alicyclic amines) is 1. The molecule has 2 aliphatic rings. The second-order valence-corrected chi connectivity index (χ2v) is 7.92. The molecule has 0 saturated carbocycles. The van der Waals surface area contributed by atoms with Crippen molar-refractivity contribution in [3.63, 3.8) is 0 Å². The van der Waals surface area contributed by atoms with Gasteiger partial charge in [-0.05, 0) is 45.7 Å². The van der Waals surface area contributed by atoms with Crippen LogP contribution in [-0.4, -0.2) is 69.6 Å². The van der Waals surface area contributed by atoms with E-state index in [0.29, 0.717) is 19.6 Å². The number of urea groups is 1. The number of hydrogen-bond acceptors (Lipinski definition) is 4. The molecule has 0 unspecified atom stereocenters. The van der Waals surface area contributed by atoms with E-state index in [0.717, 1.165) is 31.6 Å². The Kier molecular flexibility index (Phi) is 5.34. The zero-order chi connectivity index (χ0) is 18.7. The molecule has 0 aliphatic carbocycles. The van der Waals surface area contributed by atoms with Crippen LogP contribution in [0.4, 0.5) is 9.59 Å². The molecule has 2 aliphatic heterocycles. The molecule has 3 heterocycles. The average Bonchev–Trinajstić information content (AvgIpc) is 2.95. The Bertz CT molecular complexity index is 636. The van der Waals surface area contributed by atoms with Gasteiger partial charge in [-0.2, -0.15) is 0 Å². The van der Waals surface area contributed by atoms with Gasteiger partial charge in [-0.25, -0.2) is 9.59 Å². The van der Waals surface area contributed by atoms with Gasteiger partial charge in [0, 0.05) is 38.4 Å². The number of carbonyl (C=O) groups excluding carboxylic acids is 2. The molecule has 0 aromatic carbocycles. The van der Waals surface area contributed by atoms with Crippen LogP contribution >= 0.6 is 0 Å². The Balaban J connectivity index is 1.51. The third kappa shape index (κ3) is 4.45. The van der Waals surface area contributed by atoms with Crippen LogP contribution in [0, 0.1) is 0 Å². The van der Waals surface area contributed by atoms with E-state index in [1.807, 2.05) is 48.8 Å². The molecule has 2 saturated heterocycles. The van der Waals surface area contributed by atoms with Crippen molar-refractivity contribution in [1.82, 2.24) is 19.7 Å². The maximum atomic E-state index is 12.7. The van der Waals surface area contributed by atoms with E-state index in [-0.39, 0.29) is 18.2 Å². The van der Waals surface area contributed by atoms with Crippen molar-refractivity contribution in [1.29, 1.82) is 0 Å². The molecular formula is C19H28N4O3. The Hall–Kier alpha value is -2.31. The molecule has 0 bridgehead atoms. The fourth-order valence-corrected chi connectivity index (χ4v) is 3.46. The van der Waals surface area contributed by atoms with Crippen LogP contribution < -0.4 is 0 Å². The molecule has 7 nitrogen and oxygen atoms in total. The van der Waals surface area contributed by atoms with E-state index in [1.54, 1.807) is 11.1 Å². The fraction of sp³-hybridized carbons (Fsp3) is 0.632. The lowest BCUT2D eigenvalue weighted by atomic mass is 10.0. The normalized spacial score (nSPS) is 19.2.